The number of hydrogen-bond acceptors (Lipinski definition) is 2. The Balaban J connectivity index is 1.74. The minimum absolute atomic E-state index is 0.0657. The Morgan fingerprint density at radius 3 is 2.62 bits per heavy atom. The van der Waals surface area contributed by atoms with Gasteiger partial charge in [0.15, 0.2) is 0 Å². The zero-order chi connectivity index (χ0) is 17.1. The second-order valence-electron chi connectivity index (χ2n) is 6.29. The summed E-state index contributed by atoms with van der Waals surface area (Å²) >= 11 is 0. The van der Waals surface area contributed by atoms with Gasteiger partial charge in [0.25, 0.3) is 5.91 Å². The molecular weight excluding hydrogens is 300 g/mol. The van der Waals surface area contributed by atoms with Crippen LogP contribution in [0.25, 0.3) is 0 Å². The fraction of sp³-hybridized carbons (Fsp3) is 0.300. The largest absolute Gasteiger partial charge is 0.341 e. The summed E-state index contributed by atoms with van der Waals surface area (Å²) in [4.78, 5) is 26.9. The van der Waals surface area contributed by atoms with E-state index in [0.717, 1.165) is 18.5 Å². The van der Waals surface area contributed by atoms with Crippen molar-refractivity contribution in [3.63, 3.8) is 0 Å². The highest BCUT2D eigenvalue weighted by Gasteiger charge is 2.27. The SMILES string of the molecule is Cc1ccc2c(c1)CCCN2C(=O)C(C)NC(=O)c1ccccc1. The van der Waals surface area contributed by atoms with E-state index in [1.807, 2.05) is 30.3 Å². The van der Waals surface area contributed by atoms with E-state index < -0.39 is 6.04 Å². The number of hydrogen-bond donors (Lipinski definition) is 1. The average Bonchev–Trinajstić information content (AvgIpc) is 2.61. The summed E-state index contributed by atoms with van der Waals surface area (Å²) in [5.41, 5.74) is 3.94. The van der Waals surface area contributed by atoms with Crippen LogP contribution in [-0.4, -0.2) is 24.4 Å². The van der Waals surface area contributed by atoms with Crippen molar-refractivity contribution in [1.82, 2.24) is 5.32 Å². The van der Waals surface area contributed by atoms with E-state index in [9.17, 15) is 9.59 Å². The van der Waals surface area contributed by atoms with Crippen molar-refractivity contribution in [3.8, 4) is 0 Å². The maximum absolute atomic E-state index is 12.8. The first kappa shape index (κ1) is 16.2. The molecule has 24 heavy (non-hydrogen) atoms. The summed E-state index contributed by atoms with van der Waals surface area (Å²) in [6.07, 6.45) is 1.94. The predicted octanol–water partition coefficient (Wildman–Crippen LogP) is 3.09. The van der Waals surface area contributed by atoms with Gasteiger partial charge >= 0.3 is 0 Å². The molecule has 1 aliphatic heterocycles. The smallest absolute Gasteiger partial charge is 0.251 e. The molecule has 2 aromatic carbocycles. The fourth-order valence-corrected chi connectivity index (χ4v) is 3.12. The first-order valence-electron chi connectivity index (χ1n) is 8.33. The zero-order valence-electron chi connectivity index (χ0n) is 14.1. The van der Waals surface area contributed by atoms with Gasteiger partial charge in [-0.05, 0) is 50.5 Å². The van der Waals surface area contributed by atoms with Crippen molar-refractivity contribution in [2.45, 2.75) is 32.7 Å². The van der Waals surface area contributed by atoms with Gasteiger partial charge < -0.3 is 10.2 Å². The molecule has 124 valence electrons. The summed E-state index contributed by atoms with van der Waals surface area (Å²) in [6, 6.07) is 14.6. The number of anilines is 1. The van der Waals surface area contributed by atoms with Crippen molar-refractivity contribution in [2.24, 2.45) is 0 Å². The lowest BCUT2D eigenvalue weighted by Crippen LogP contribution is -2.48. The highest BCUT2D eigenvalue weighted by molar-refractivity contribution is 6.02. The van der Waals surface area contributed by atoms with Crippen LogP contribution in [0.5, 0.6) is 0 Å². The Kier molecular flexibility index (Phi) is 4.65. The Morgan fingerprint density at radius 2 is 1.88 bits per heavy atom. The van der Waals surface area contributed by atoms with Gasteiger partial charge in [-0.3, -0.25) is 9.59 Å². The number of aryl methyl sites for hydroxylation is 2. The second kappa shape index (κ2) is 6.87. The molecule has 1 aliphatic rings. The molecule has 0 aliphatic carbocycles. The Hall–Kier alpha value is -2.62. The molecule has 3 rings (SSSR count). The Labute approximate surface area is 142 Å². The van der Waals surface area contributed by atoms with Gasteiger partial charge in [0.05, 0.1) is 0 Å². The first-order chi connectivity index (χ1) is 11.6. The summed E-state index contributed by atoms with van der Waals surface area (Å²) < 4.78 is 0. The van der Waals surface area contributed by atoms with Crippen LogP contribution in [0.1, 0.15) is 34.8 Å². The lowest BCUT2D eigenvalue weighted by Gasteiger charge is -2.32. The standard InChI is InChI=1S/C20H22N2O2/c1-14-10-11-18-17(13-14)9-6-12-22(18)20(24)15(2)21-19(23)16-7-4-3-5-8-16/h3-5,7-8,10-11,13,15H,6,9,12H2,1-2H3,(H,21,23). The van der Waals surface area contributed by atoms with E-state index in [2.05, 4.69) is 18.3 Å². The van der Waals surface area contributed by atoms with Crippen LogP contribution in [0.3, 0.4) is 0 Å². The average molecular weight is 322 g/mol. The monoisotopic (exact) mass is 322 g/mol. The molecule has 0 fully saturated rings. The summed E-state index contributed by atoms with van der Waals surface area (Å²) in [7, 11) is 0. The van der Waals surface area contributed by atoms with Gasteiger partial charge in [-0.1, -0.05) is 35.9 Å². The number of benzene rings is 2. The van der Waals surface area contributed by atoms with Crippen molar-refractivity contribution in [3.05, 3.63) is 65.2 Å². The number of amides is 2. The van der Waals surface area contributed by atoms with Crippen LogP contribution in [0, 0.1) is 6.92 Å². The van der Waals surface area contributed by atoms with E-state index >= 15 is 0 Å². The molecule has 4 nitrogen and oxygen atoms in total. The van der Waals surface area contributed by atoms with Gasteiger partial charge in [0.1, 0.15) is 6.04 Å². The van der Waals surface area contributed by atoms with E-state index in [0.29, 0.717) is 12.1 Å². The van der Waals surface area contributed by atoms with Gasteiger partial charge in [-0.25, -0.2) is 0 Å². The minimum atomic E-state index is -0.565. The maximum Gasteiger partial charge on any atom is 0.251 e. The van der Waals surface area contributed by atoms with Crippen LogP contribution in [-0.2, 0) is 11.2 Å². The van der Waals surface area contributed by atoms with Crippen LogP contribution < -0.4 is 10.2 Å². The molecule has 0 bridgehead atoms. The molecule has 1 heterocycles. The molecule has 2 amide bonds. The first-order valence-corrected chi connectivity index (χ1v) is 8.33. The number of nitrogens with one attached hydrogen (secondary N) is 1. The third kappa shape index (κ3) is 3.32. The lowest BCUT2D eigenvalue weighted by molar-refractivity contribution is -0.120. The summed E-state index contributed by atoms with van der Waals surface area (Å²) in [6.45, 7) is 4.50. The molecule has 1 unspecified atom stereocenters. The summed E-state index contributed by atoms with van der Waals surface area (Å²) in [5.74, 6) is -0.290. The van der Waals surface area contributed by atoms with Gasteiger partial charge in [0, 0.05) is 17.8 Å². The summed E-state index contributed by atoms with van der Waals surface area (Å²) in [5, 5.41) is 2.81. The predicted molar refractivity (Wildman–Crippen MR) is 95.2 cm³/mol. The molecule has 0 aromatic heterocycles. The van der Waals surface area contributed by atoms with Crippen LogP contribution in [0.15, 0.2) is 48.5 Å². The molecule has 0 saturated carbocycles. The highest BCUT2D eigenvalue weighted by Crippen LogP contribution is 2.28. The van der Waals surface area contributed by atoms with Crippen LogP contribution >= 0.6 is 0 Å². The molecule has 0 radical (unpaired) electrons. The van der Waals surface area contributed by atoms with E-state index in [1.165, 1.54) is 11.1 Å². The van der Waals surface area contributed by atoms with E-state index in [-0.39, 0.29) is 11.8 Å². The van der Waals surface area contributed by atoms with Crippen LogP contribution in [0.2, 0.25) is 0 Å². The molecule has 1 atom stereocenters. The number of carbonyl (C=O) groups is 2. The third-order valence-electron chi connectivity index (χ3n) is 4.37. The van der Waals surface area contributed by atoms with Crippen molar-refractivity contribution in [2.75, 3.05) is 11.4 Å². The quantitative estimate of drug-likeness (QED) is 0.944. The number of fused-ring (bicyclic) bond motifs is 1. The van der Waals surface area contributed by atoms with Gasteiger partial charge in [-0.2, -0.15) is 0 Å². The zero-order valence-corrected chi connectivity index (χ0v) is 14.1. The fourth-order valence-electron chi connectivity index (χ4n) is 3.12. The number of carbonyl (C=O) groups excluding carboxylic acids is 2. The molecular formula is C20H22N2O2. The van der Waals surface area contributed by atoms with Crippen molar-refractivity contribution >= 4 is 17.5 Å². The minimum Gasteiger partial charge on any atom is -0.341 e. The lowest BCUT2D eigenvalue weighted by atomic mass is 9.99. The number of rotatable bonds is 3. The van der Waals surface area contributed by atoms with Gasteiger partial charge in [0.2, 0.25) is 5.91 Å². The highest BCUT2D eigenvalue weighted by atomic mass is 16.2. The normalized spacial score (nSPS) is 14.7. The molecule has 2 aromatic rings. The van der Waals surface area contributed by atoms with E-state index in [1.54, 1.807) is 24.0 Å². The Bertz CT molecular complexity index is 755. The molecule has 0 saturated heterocycles. The molecule has 0 spiro atoms. The van der Waals surface area contributed by atoms with Crippen LogP contribution in [0.4, 0.5) is 5.69 Å². The topological polar surface area (TPSA) is 49.4 Å². The number of nitrogens with zero attached hydrogens (tertiary/aromatic N) is 1. The third-order valence-corrected chi connectivity index (χ3v) is 4.37. The molecule has 4 heteroatoms. The van der Waals surface area contributed by atoms with Crippen molar-refractivity contribution < 1.29 is 9.59 Å². The maximum atomic E-state index is 12.8. The van der Waals surface area contributed by atoms with Crippen molar-refractivity contribution in [1.29, 1.82) is 0 Å². The van der Waals surface area contributed by atoms with Gasteiger partial charge in [-0.15, -0.1) is 0 Å². The van der Waals surface area contributed by atoms with E-state index in [4.69, 9.17) is 0 Å². The Morgan fingerprint density at radius 1 is 1.12 bits per heavy atom. The molecule has 1 N–H and O–H groups in total. The second-order valence-corrected chi connectivity index (χ2v) is 6.29.